The van der Waals surface area contributed by atoms with Crippen LogP contribution in [0.2, 0.25) is 0 Å². The third-order valence-electron chi connectivity index (χ3n) is 6.03. The highest BCUT2D eigenvalue weighted by atomic mass is 16.4. The van der Waals surface area contributed by atoms with E-state index in [0.29, 0.717) is 19.0 Å². The van der Waals surface area contributed by atoms with Crippen molar-refractivity contribution >= 4 is 17.7 Å². The van der Waals surface area contributed by atoms with Gasteiger partial charge >= 0.3 is 6.09 Å². The second-order valence-corrected chi connectivity index (χ2v) is 8.90. The van der Waals surface area contributed by atoms with E-state index in [2.05, 4.69) is 43.5 Å². The summed E-state index contributed by atoms with van der Waals surface area (Å²) in [7, 11) is 0. The maximum absolute atomic E-state index is 12.3. The summed E-state index contributed by atoms with van der Waals surface area (Å²) in [5, 5.41) is 15.6. The van der Waals surface area contributed by atoms with Gasteiger partial charge in [0.15, 0.2) is 0 Å². The molecule has 0 aromatic heterocycles. The van der Waals surface area contributed by atoms with Gasteiger partial charge < -0.3 is 20.6 Å². The molecule has 0 radical (unpaired) electrons. The Morgan fingerprint density at radius 1 is 1.19 bits per heavy atom. The number of nitrogens with one attached hydrogen (secondary N) is 2. The lowest BCUT2D eigenvalue weighted by atomic mass is 9.68. The molecule has 2 aliphatic heterocycles. The van der Waals surface area contributed by atoms with E-state index in [0.717, 1.165) is 31.6 Å². The highest BCUT2D eigenvalue weighted by molar-refractivity contribution is 5.92. The van der Waals surface area contributed by atoms with Gasteiger partial charge in [-0.3, -0.25) is 4.79 Å². The topological polar surface area (TPSA) is 81.7 Å². The zero-order chi connectivity index (χ0) is 19.6. The van der Waals surface area contributed by atoms with Crippen LogP contribution in [-0.2, 0) is 4.79 Å². The molecule has 2 amide bonds. The van der Waals surface area contributed by atoms with Gasteiger partial charge in [0.1, 0.15) is 0 Å². The van der Waals surface area contributed by atoms with Crippen LogP contribution in [0.5, 0.6) is 0 Å². The minimum Gasteiger partial charge on any atom is -0.465 e. The van der Waals surface area contributed by atoms with Gasteiger partial charge in [-0.05, 0) is 54.3 Å². The number of hydrogen-bond acceptors (Lipinski definition) is 3. The predicted octanol–water partition coefficient (Wildman–Crippen LogP) is 3.36. The molecule has 1 aromatic rings. The molecule has 0 spiro atoms. The summed E-state index contributed by atoms with van der Waals surface area (Å²) in [5.74, 6) is 0.710. The minimum absolute atomic E-state index is 0.0150. The summed E-state index contributed by atoms with van der Waals surface area (Å²) in [6.45, 7) is 9.33. The van der Waals surface area contributed by atoms with Gasteiger partial charge in [0, 0.05) is 25.3 Å². The normalized spacial score (nSPS) is 26.0. The lowest BCUT2D eigenvalue weighted by Gasteiger charge is -2.44. The second kappa shape index (κ2) is 7.89. The number of amides is 2. The SMILES string of the molecule is CC(C)(C)C1CN(C(=O)O)CCC1c1ccc(NC(=O)C2CCNC2)cc1. The van der Waals surface area contributed by atoms with Gasteiger partial charge in [0.25, 0.3) is 0 Å². The highest BCUT2D eigenvalue weighted by Gasteiger charge is 2.39. The van der Waals surface area contributed by atoms with Gasteiger partial charge in [-0.2, -0.15) is 0 Å². The number of piperidine rings is 1. The number of hydrogen-bond donors (Lipinski definition) is 3. The molecule has 0 saturated carbocycles. The van der Waals surface area contributed by atoms with E-state index < -0.39 is 6.09 Å². The average molecular weight is 373 g/mol. The van der Waals surface area contributed by atoms with Gasteiger partial charge in [-0.1, -0.05) is 32.9 Å². The molecular formula is C21H31N3O3. The maximum Gasteiger partial charge on any atom is 0.407 e. The predicted molar refractivity (Wildman–Crippen MR) is 106 cm³/mol. The molecule has 148 valence electrons. The molecule has 2 fully saturated rings. The number of carboxylic acid groups (broad SMARTS) is 1. The third-order valence-corrected chi connectivity index (χ3v) is 6.03. The van der Waals surface area contributed by atoms with Crippen molar-refractivity contribution in [2.45, 2.75) is 39.5 Å². The standard InChI is InChI=1S/C21H31N3O3/c1-21(2,3)18-13-24(20(26)27)11-9-17(18)14-4-6-16(7-5-14)23-19(25)15-8-10-22-12-15/h4-7,15,17-18,22H,8-13H2,1-3H3,(H,23,25)(H,26,27). The van der Waals surface area contributed by atoms with Crippen LogP contribution < -0.4 is 10.6 Å². The molecule has 3 atom stereocenters. The van der Waals surface area contributed by atoms with E-state index in [9.17, 15) is 14.7 Å². The molecular weight excluding hydrogens is 342 g/mol. The summed E-state index contributed by atoms with van der Waals surface area (Å²) in [6.07, 6.45) is 0.884. The van der Waals surface area contributed by atoms with Gasteiger partial charge in [-0.15, -0.1) is 0 Å². The van der Waals surface area contributed by atoms with Gasteiger partial charge in [-0.25, -0.2) is 4.79 Å². The van der Waals surface area contributed by atoms with Crippen molar-refractivity contribution in [3.05, 3.63) is 29.8 Å². The first-order chi connectivity index (χ1) is 12.8. The number of benzene rings is 1. The van der Waals surface area contributed by atoms with Gasteiger partial charge in [0.05, 0.1) is 5.92 Å². The van der Waals surface area contributed by atoms with Crippen LogP contribution in [0.15, 0.2) is 24.3 Å². The molecule has 6 heteroatoms. The molecule has 3 N–H and O–H groups in total. The Bertz CT molecular complexity index is 675. The first-order valence-electron chi connectivity index (χ1n) is 9.85. The summed E-state index contributed by atoms with van der Waals surface area (Å²) in [5.41, 5.74) is 2.06. The van der Waals surface area contributed by atoms with E-state index >= 15 is 0 Å². The Labute approximate surface area is 161 Å². The van der Waals surface area contributed by atoms with E-state index in [1.54, 1.807) is 0 Å². The maximum atomic E-state index is 12.3. The van der Waals surface area contributed by atoms with E-state index in [4.69, 9.17) is 0 Å². The van der Waals surface area contributed by atoms with Crippen molar-refractivity contribution in [3.8, 4) is 0 Å². The fourth-order valence-electron chi connectivity index (χ4n) is 4.34. The number of carbonyl (C=O) groups excluding carboxylic acids is 1. The Balaban J connectivity index is 1.71. The lowest BCUT2D eigenvalue weighted by molar-refractivity contribution is -0.119. The number of anilines is 1. The van der Waals surface area contributed by atoms with Crippen LogP contribution in [0.25, 0.3) is 0 Å². The number of carbonyl (C=O) groups is 2. The number of likely N-dealkylation sites (tertiary alicyclic amines) is 1. The second-order valence-electron chi connectivity index (χ2n) is 8.90. The summed E-state index contributed by atoms with van der Waals surface area (Å²) >= 11 is 0. The lowest BCUT2D eigenvalue weighted by Crippen LogP contribution is -2.46. The molecule has 1 aromatic carbocycles. The molecule has 2 aliphatic rings. The van der Waals surface area contributed by atoms with Crippen molar-refractivity contribution in [2.24, 2.45) is 17.3 Å². The minimum atomic E-state index is -0.831. The van der Waals surface area contributed by atoms with Crippen LogP contribution in [0.3, 0.4) is 0 Å². The summed E-state index contributed by atoms with van der Waals surface area (Å²) in [4.78, 5) is 25.2. The van der Waals surface area contributed by atoms with E-state index in [-0.39, 0.29) is 23.2 Å². The molecule has 2 saturated heterocycles. The molecule has 2 heterocycles. The third kappa shape index (κ3) is 4.61. The van der Waals surface area contributed by atoms with Crippen molar-refractivity contribution in [2.75, 3.05) is 31.5 Å². The van der Waals surface area contributed by atoms with Crippen molar-refractivity contribution in [1.82, 2.24) is 10.2 Å². The molecule has 3 unspecified atom stereocenters. The summed E-state index contributed by atoms with van der Waals surface area (Å²) < 4.78 is 0. The largest absolute Gasteiger partial charge is 0.465 e. The Morgan fingerprint density at radius 3 is 2.44 bits per heavy atom. The van der Waals surface area contributed by atoms with Crippen LogP contribution in [0.4, 0.5) is 10.5 Å². The smallest absolute Gasteiger partial charge is 0.407 e. The van der Waals surface area contributed by atoms with Crippen LogP contribution in [0, 0.1) is 17.3 Å². The average Bonchev–Trinajstić information content (AvgIpc) is 3.16. The zero-order valence-electron chi connectivity index (χ0n) is 16.5. The van der Waals surface area contributed by atoms with Crippen LogP contribution in [0.1, 0.15) is 45.1 Å². The molecule has 0 bridgehead atoms. The van der Waals surface area contributed by atoms with E-state index in [1.807, 2.05) is 12.1 Å². The molecule has 0 aliphatic carbocycles. The van der Waals surface area contributed by atoms with Crippen LogP contribution >= 0.6 is 0 Å². The monoisotopic (exact) mass is 373 g/mol. The Kier molecular flexibility index (Phi) is 5.75. The van der Waals surface area contributed by atoms with E-state index in [1.165, 1.54) is 10.5 Å². The zero-order valence-corrected chi connectivity index (χ0v) is 16.5. The molecule has 27 heavy (non-hydrogen) atoms. The quantitative estimate of drug-likeness (QED) is 0.759. The van der Waals surface area contributed by atoms with Crippen molar-refractivity contribution < 1.29 is 14.7 Å². The summed E-state index contributed by atoms with van der Waals surface area (Å²) in [6, 6.07) is 8.11. The number of nitrogens with zero attached hydrogens (tertiary/aromatic N) is 1. The Morgan fingerprint density at radius 2 is 1.89 bits per heavy atom. The highest BCUT2D eigenvalue weighted by Crippen LogP contribution is 2.43. The number of rotatable bonds is 3. The van der Waals surface area contributed by atoms with Crippen molar-refractivity contribution in [3.63, 3.8) is 0 Å². The van der Waals surface area contributed by atoms with Crippen molar-refractivity contribution in [1.29, 1.82) is 0 Å². The van der Waals surface area contributed by atoms with Gasteiger partial charge in [0.2, 0.25) is 5.91 Å². The van der Waals surface area contributed by atoms with Crippen LogP contribution in [-0.4, -0.2) is 48.2 Å². The molecule has 3 rings (SSSR count). The molecule has 6 nitrogen and oxygen atoms in total. The first-order valence-corrected chi connectivity index (χ1v) is 9.85. The fourth-order valence-corrected chi connectivity index (χ4v) is 4.34. The first kappa shape index (κ1) is 19.7. The fraction of sp³-hybridized carbons (Fsp3) is 0.619. The Hall–Kier alpha value is -2.08.